The molecule has 5 rings (SSSR count). The molecule has 0 unspecified atom stereocenters. The van der Waals surface area contributed by atoms with Crippen LogP contribution in [0.1, 0.15) is 56.6 Å². The third-order valence-corrected chi connectivity index (χ3v) is 6.91. The van der Waals surface area contributed by atoms with E-state index in [0.29, 0.717) is 12.0 Å². The number of aromatic amines is 1. The number of hydrogen-bond acceptors (Lipinski definition) is 6. The van der Waals surface area contributed by atoms with Gasteiger partial charge in [0.1, 0.15) is 11.7 Å². The number of rotatable bonds is 5. The standard InChI is InChI=1S/C24H24F3N7O/c1-23(5-6-23)21(35)32-15-3-2-4-16(8-15)33-22-31-10-13(9-28)19(34-22)18-12-30-20-17(18)7-14(11-29-20)24(25,26)27/h7,10-12,15-16H,2-6,8H2,1H3,(H,29,30)(H,32,35)(H,31,33,34)/t15-,16+/m1/s1. The van der Waals surface area contributed by atoms with Crippen molar-refractivity contribution in [3.63, 3.8) is 0 Å². The molecule has 2 aliphatic rings. The second-order valence-electron chi connectivity index (χ2n) is 9.63. The maximum absolute atomic E-state index is 13.2. The zero-order valence-corrected chi connectivity index (χ0v) is 19.0. The molecule has 3 N–H and O–H groups in total. The lowest BCUT2D eigenvalue weighted by Gasteiger charge is -2.31. The largest absolute Gasteiger partial charge is 0.417 e. The third-order valence-electron chi connectivity index (χ3n) is 6.91. The zero-order chi connectivity index (χ0) is 24.8. The van der Waals surface area contributed by atoms with E-state index in [1.165, 1.54) is 12.4 Å². The van der Waals surface area contributed by atoms with Crippen molar-refractivity contribution in [1.82, 2.24) is 25.3 Å². The van der Waals surface area contributed by atoms with Gasteiger partial charge in [0.05, 0.1) is 23.0 Å². The molecule has 0 bridgehead atoms. The first-order valence-corrected chi connectivity index (χ1v) is 11.6. The van der Waals surface area contributed by atoms with Gasteiger partial charge in [-0.05, 0) is 44.6 Å². The minimum absolute atomic E-state index is 0.0170. The first-order valence-electron chi connectivity index (χ1n) is 11.6. The molecule has 0 radical (unpaired) electrons. The summed E-state index contributed by atoms with van der Waals surface area (Å²) in [5.41, 5.74) is -0.148. The van der Waals surface area contributed by atoms with Crippen molar-refractivity contribution in [1.29, 1.82) is 5.26 Å². The summed E-state index contributed by atoms with van der Waals surface area (Å²) in [4.78, 5) is 27.9. The summed E-state index contributed by atoms with van der Waals surface area (Å²) in [6.45, 7) is 1.98. The fourth-order valence-electron chi connectivity index (χ4n) is 4.50. The van der Waals surface area contributed by atoms with Crippen LogP contribution in [-0.4, -0.2) is 37.9 Å². The van der Waals surface area contributed by atoms with Crippen molar-refractivity contribution in [2.24, 2.45) is 5.41 Å². The van der Waals surface area contributed by atoms with Crippen molar-refractivity contribution >= 4 is 22.9 Å². The molecule has 3 aromatic heterocycles. The van der Waals surface area contributed by atoms with E-state index in [1.54, 1.807) is 0 Å². The van der Waals surface area contributed by atoms with Crippen LogP contribution in [-0.2, 0) is 11.0 Å². The highest BCUT2D eigenvalue weighted by Crippen LogP contribution is 2.45. The quantitative estimate of drug-likeness (QED) is 0.490. The minimum atomic E-state index is -4.55. The fraction of sp³-hybridized carbons (Fsp3) is 0.458. The Labute approximate surface area is 199 Å². The van der Waals surface area contributed by atoms with Gasteiger partial charge < -0.3 is 15.6 Å². The highest BCUT2D eigenvalue weighted by molar-refractivity contribution is 5.94. The second kappa shape index (κ2) is 8.52. The van der Waals surface area contributed by atoms with Gasteiger partial charge in [0.25, 0.3) is 0 Å². The number of nitrogens with zero attached hydrogens (tertiary/aromatic N) is 4. The molecule has 8 nitrogen and oxygen atoms in total. The van der Waals surface area contributed by atoms with Crippen molar-refractivity contribution in [2.45, 2.75) is 63.7 Å². The molecule has 11 heteroatoms. The van der Waals surface area contributed by atoms with E-state index >= 15 is 0 Å². The Balaban J connectivity index is 1.39. The predicted molar refractivity (Wildman–Crippen MR) is 122 cm³/mol. The van der Waals surface area contributed by atoms with Crippen LogP contribution in [0.25, 0.3) is 22.3 Å². The van der Waals surface area contributed by atoms with Crippen molar-refractivity contribution in [3.05, 3.63) is 35.8 Å². The molecular formula is C24H24F3N7O. The van der Waals surface area contributed by atoms with E-state index in [9.17, 15) is 23.2 Å². The average molecular weight is 483 g/mol. The van der Waals surface area contributed by atoms with Crippen molar-refractivity contribution < 1.29 is 18.0 Å². The molecule has 0 saturated heterocycles. The monoisotopic (exact) mass is 483 g/mol. The Morgan fingerprint density at radius 2 is 2.00 bits per heavy atom. The summed E-state index contributed by atoms with van der Waals surface area (Å²) in [6.07, 6.45) is 4.33. The van der Waals surface area contributed by atoms with Crippen LogP contribution in [0.4, 0.5) is 19.1 Å². The van der Waals surface area contributed by atoms with Crippen LogP contribution >= 0.6 is 0 Å². The average Bonchev–Trinajstić information content (AvgIpc) is 3.44. The summed E-state index contributed by atoms with van der Waals surface area (Å²) < 4.78 is 39.7. The van der Waals surface area contributed by atoms with E-state index in [2.05, 4.69) is 30.6 Å². The number of carbonyl (C=O) groups is 1. The smallest absolute Gasteiger partial charge is 0.353 e. The second-order valence-corrected chi connectivity index (χ2v) is 9.63. The summed E-state index contributed by atoms with van der Waals surface area (Å²) in [7, 11) is 0. The highest BCUT2D eigenvalue weighted by atomic mass is 19.4. The zero-order valence-electron chi connectivity index (χ0n) is 19.0. The van der Waals surface area contributed by atoms with Gasteiger partial charge >= 0.3 is 6.18 Å². The molecule has 2 saturated carbocycles. The fourth-order valence-corrected chi connectivity index (χ4v) is 4.50. The molecule has 0 aromatic carbocycles. The number of amides is 1. The highest BCUT2D eigenvalue weighted by Gasteiger charge is 2.45. The lowest BCUT2D eigenvalue weighted by Crippen LogP contribution is -2.44. The first kappa shape index (κ1) is 23.1. The number of nitrogens with one attached hydrogen (secondary N) is 3. The summed E-state index contributed by atoms with van der Waals surface area (Å²) in [5.74, 6) is 0.380. The Morgan fingerprint density at radius 3 is 2.71 bits per heavy atom. The molecule has 2 aliphatic carbocycles. The maximum atomic E-state index is 13.2. The number of carbonyl (C=O) groups excluding carboxylic acids is 1. The number of nitriles is 1. The Morgan fingerprint density at radius 1 is 1.23 bits per heavy atom. The molecule has 2 atom stereocenters. The molecular weight excluding hydrogens is 459 g/mol. The SMILES string of the molecule is CC1(C(=O)N[C@@H]2CCC[C@H](Nc3ncc(C#N)c(-c4c[nH]c5ncc(C(F)(F)F)cc45)n3)C2)CC1. The predicted octanol–water partition coefficient (Wildman–Crippen LogP) is 4.55. The van der Waals surface area contributed by atoms with Crippen LogP contribution < -0.4 is 10.6 Å². The van der Waals surface area contributed by atoms with Gasteiger partial charge in [-0.2, -0.15) is 18.4 Å². The number of fused-ring (bicyclic) bond motifs is 1. The number of pyridine rings is 1. The van der Waals surface area contributed by atoms with Gasteiger partial charge in [-0.1, -0.05) is 6.92 Å². The van der Waals surface area contributed by atoms with Gasteiger partial charge in [0.15, 0.2) is 0 Å². The summed E-state index contributed by atoms with van der Waals surface area (Å²) in [5, 5.41) is 16.2. The molecule has 35 heavy (non-hydrogen) atoms. The Kier molecular flexibility index (Phi) is 5.62. The minimum Gasteiger partial charge on any atom is -0.353 e. The van der Waals surface area contributed by atoms with Crippen LogP contribution in [0.2, 0.25) is 0 Å². The van der Waals surface area contributed by atoms with Crippen LogP contribution in [0, 0.1) is 16.7 Å². The first-order chi connectivity index (χ1) is 16.7. The normalized spacial score (nSPS) is 21.3. The van der Waals surface area contributed by atoms with E-state index < -0.39 is 11.7 Å². The number of alkyl halides is 3. The van der Waals surface area contributed by atoms with E-state index in [0.717, 1.165) is 44.4 Å². The van der Waals surface area contributed by atoms with E-state index in [1.807, 2.05) is 13.0 Å². The van der Waals surface area contributed by atoms with E-state index in [4.69, 9.17) is 0 Å². The molecule has 182 valence electrons. The molecule has 2 fully saturated rings. The number of aromatic nitrogens is 4. The number of anilines is 1. The Bertz CT molecular complexity index is 1320. The molecule has 0 spiro atoms. The molecule has 3 aromatic rings. The van der Waals surface area contributed by atoms with Gasteiger partial charge in [0.2, 0.25) is 11.9 Å². The summed E-state index contributed by atoms with van der Waals surface area (Å²) in [6, 6.07) is 3.09. The van der Waals surface area contributed by atoms with Gasteiger partial charge in [-0.25, -0.2) is 15.0 Å². The van der Waals surface area contributed by atoms with Crippen LogP contribution in [0.3, 0.4) is 0 Å². The summed E-state index contributed by atoms with van der Waals surface area (Å²) >= 11 is 0. The van der Waals surface area contributed by atoms with Crippen molar-refractivity contribution in [2.75, 3.05) is 5.32 Å². The Hall–Kier alpha value is -3.68. The van der Waals surface area contributed by atoms with Crippen molar-refractivity contribution in [3.8, 4) is 17.3 Å². The van der Waals surface area contributed by atoms with E-state index in [-0.39, 0.29) is 51.6 Å². The molecule has 0 aliphatic heterocycles. The number of H-pyrrole nitrogens is 1. The lowest BCUT2D eigenvalue weighted by atomic mass is 9.90. The number of halogens is 3. The molecule has 3 heterocycles. The third kappa shape index (κ3) is 4.65. The lowest BCUT2D eigenvalue weighted by molar-refractivity contribution is -0.137. The van der Waals surface area contributed by atoms with Gasteiger partial charge in [-0.15, -0.1) is 0 Å². The van der Waals surface area contributed by atoms with Gasteiger partial charge in [-0.3, -0.25) is 4.79 Å². The molecule has 1 amide bonds. The van der Waals surface area contributed by atoms with Crippen LogP contribution in [0.15, 0.2) is 24.7 Å². The van der Waals surface area contributed by atoms with Gasteiger partial charge in [0, 0.05) is 40.8 Å². The number of hydrogen-bond donors (Lipinski definition) is 3. The maximum Gasteiger partial charge on any atom is 0.417 e. The van der Waals surface area contributed by atoms with Crippen LogP contribution in [0.5, 0.6) is 0 Å². The topological polar surface area (TPSA) is 119 Å².